The van der Waals surface area contributed by atoms with Crippen LogP contribution in [0.1, 0.15) is 11.1 Å². The predicted octanol–water partition coefficient (Wildman–Crippen LogP) is 1.58. The van der Waals surface area contributed by atoms with Gasteiger partial charge in [0.15, 0.2) is 0 Å². The number of nitrogens with zero attached hydrogens (tertiary/aromatic N) is 6. The van der Waals surface area contributed by atoms with Crippen molar-refractivity contribution in [3.05, 3.63) is 72.3 Å². The summed E-state index contributed by atoms with van der Waals surface area (Å²) in [6, 6.07) is 17.0. The summed E-state index contributed by atoms with van der Waals surface area (Å²) in [5.41, 5.74) is 3.80. The summed E-state index contributed by atoms with van der Waals surface area (Å²) in [7, 11) is 4.29. The van der Waals surface area contributed by atoms with Gasteiger partial charge < -0.3 is 0 Å². The molecule has 7 heteroatoms. The van der Waals surface area contributed by atoms with E-state index in [1.807, 2.05) is 12.1 Å². The number of anilines is 2. The topological polar surface area (TPSA) is 60.5 Å². The maximum atomic E-state index is 9.63. The Hall–Kier alpha value is -3.25. The zero-order chi connectivity index (χ0) is 19.9. The van der Waals surface area contributed by atoms with Crippen molar-refractivity contribution in [2.45, 2.75) is 9.36 Å². The minimum atomic E-state index is -3.24. The van der Waals surface area contributed by atoms with Crippen LogP contribution in [-0.2, 0) is 15.3 Å². The Balaban J connectivity index is 1.75. The Morgan fingerprint density at radius 2 is 1.17 bits per heavy atom. The summed E-state index contributed by atoms with van der Waals surface area (Å²) in [4.78, 5) is 9.42. The SMILES string of the molecule is CN1C=CN2c3ccc(C#N)c[c]3[Ir]3([c]4cc(C#N)ccc4N4C=CN(C)[CH]43)[CH]12. The predicted molar refractivity (Wildman–Crippen MR) is 108 cm³/mol. The molecule has 4 heterocycles. The third-order valence-electron chi connectivity index (χ3n) is 5.81. The Morgan fingerprint density at radius 1 is 0.724 bits per heavy atom. The summed E-state index contributed by atoms with van der Waals surface area (Å²) in [5.74, 6) is 0. The number of rotatable bonds is 0. The molecule has 2 aromatic rings. The van der Waals surface area contributed by atoms with E-state index in [0.29, 0.717) is 11.1 Å². The van der Waals surface area contributed by atoms with Gasteiger partial charge in [0.25, 0.3) is 0 Å². The van der Waals surface area contributed by atoms with E-state index in [2.05, 4.69) is 94.9 Å². The third kappa shape index (κ3) is 1.78. The fourth-order valence-corrected chi connectivity index (χ4v) is 20.3. The van der Waals surface area contributed by atoms with E-state index in [4.69, 9.17) is 0 Å². The van der Waals surface area contributed by atoms with Crippen molar-refractivity contribution < 1.29 is 15.3 Å². The molecule has 1 spiro atoms. The first-order chi connectivity index (χ1) is 14.1. The molecular formula is C22H18IrN6. The summed E-state index contributed by atoms with van der Waals surface area (Å²) in [6.07, 6.45) is 8.62. The van der Waals surface area contributed by atoms with Crippen molar-refractivity contribution in [2.24, 2.45) is 0 Å². The van der Waals surface area contributed by atoms with Crippen LogP contribution < -0.4 is 18.0 Å². The first-order valence-electron chi connectivity index (χ1n) is 9.22. The first kappa shape index (κ1) is 16.7. The fraction of sp³-hybridized carbons (Fsp3) is 0.182. The van der Waals surface area contributed by atoms with Crippen LogP contribution in [0, 0.1) is 22.7 Å². The van der Waals surface area contributed by atoms with Crippen molar-refractivity contribution in [3.8, 4) is 12.1 Å². The van der Waals surface area contributed by atoms with Crippen molar-refractivity contribution in [3.63, 3.8) is 0 Å². The number of hydrogen-bond acceptors (Lipinski definition) is 6. The van der Waals surface area contributed by atoms with Gasteiger partial charge in [0.2, 0.25) is 0 Å². The van der Waals surface area contributed by atoms with Crippen LogP contribution in [0.15, 0.2) is 61.2 Å². The van der Waals surface area contributed by atoms with Gasteiger partial charge in [0.1, 0.15) is 0 Å². The molecule has 0 radical (unpaired) electrons. The van der Waals surface area contributed by atoms with Crippen LogP contribution in [0.3, 0.4) is 0 Å². The second-order valence-electron chi connectivity index (χ2n) is 7.40. The standard InChI is InChI=1S/2C11H9N3.Ir/c2*1-13-6-7-14(9-13)11-4-2-10(8-12)3-5-11;/h2*2-4,6-7,9H,1H3;. The van der Waals surface area contributed by atoms with Crippen LogP contribution in [0.2, 0.25) is 0 Å². The molecule has 4 aliphatic rings. The van der Waals surface area contributed by atoms with Gasteiger partial charge in [0, 0.05) is 0 Å². The molecule has 0 aliphatic carbocycles. The molecule has 2 aromatic carbocycles. The monoisotopic (exact) mass is 559 g/mol. The summed E-state index contributed by atoms with van der Waals surface area (Å²) in [5, 5.41) is 19.3. The van der Waals surface area contributed by atoms with E-state index in [9.17, 15) is 10.5 Å². The first-order valence-corrected chi connectivity index (χ1v) is 14.4. The molecule has 2 unspecified atom stereocenters. The zero-order valence-electron chi connectivity index (χ0n) is 15.9. The zero-order valence-corrected chi connectivity index (χ0v) is 18.3. The Labute approximate surface area is 172 Å². The van der Waals surface area contributed by atoms with Gasteiger partial charge in [-0.25, -0.2) is 0 Å². The molecule has 2 atom stereocenters. The molecule has 0 bridgehead atoms. The maximum absolute atomic E-state index is 9.63. The van der Waals surface area contributed by atoms with Crippen molar-refractivity contribution in [1.82, 2.24) is 9.80 Å². The van der Waals surface area contributed by atoms with E-state index in [0.717, 1.165) is 0 Å². The molecule has 29 heavy (non-hydrogen) atoms. The van der Waals surface area contributed by atoms with E-state index in [1.165, 1.54) is 19.5 Å². The van der Waals surface area contributed by atoms with Crippen LogP contribution >= 0.6 is 0 Å². The molecule has 145 valence electrons. The Morgan fingerprint density at radius 3 is 1.59 bits per heavy atom. The quantitative estimate of drug-likeness (QED) is 0.490. The van der Waals surface area contributed by atoms with Gasteiger partial charge in [-0.15, -0.1) is 0 Å². The van der Waals surface area contributed by atoms with Crippen LogP contribution in [-0.4, -0.2) is 33.3 Å². The van der Waals surface area contributed by atoms with Crippen molar-refractivity contribution in [2.75, 3.05) is 23.9 Å². The summed E-state index contributed by atoms with van der Waals surface area (Å²) >= 11 is -3.24. The molecule has 0 amide bonds. The molecule has 0 saturated carbocycles. The van der Waals surface area contributed by atoms with Crippen LogP contribution in [0.5, 0.6) is 0 Å². The molecule has 0 fully saturated rings. The summed E-state index contributed by atoms with van der Waals surface area (Å²) in [6.45, 7) is 0. The Kier molecular flexibility index (Phi) is 3.12. The summed E-state index contributed by atoms with van der Waals surface area (Å²) < 4.78 is 3.07. The van der Waals surface area contributed by atoms with Crippen molar-refractivity contribution >= 4 is 19.5 Å². The van der Waals surface area contributed by atoms with Gasteiger partial charge in [-0.2, -0.15) is 0 Å². The van der Waals surface area contributed by atoms with Gasteiger partial charge in [-0.1, -0.05) is 0 Å². The number of hydrogen-bond donors (Lipinski definition) is 0. The molecule has 6 rings (SSSR count). The van der Waals surface area contributed by atoms with E-state index in [-0.39, 0.29) is 9.36 Å². The minimum absolute atomic E-state index is 0.212. The molecule has 0 N–H and O–H groups in total. The third-order valence-corrected chi connectivity index (χ3v) is 19.2. The average molecular weight is 559 g/mol. The normalized spacial score (nSPS) is 29.4. The second kappa shape index (κ2) is 5.42. The van der Waals surface area contributed by atoms with Gasteiger partial charge in [-0.05, 0) is 0 Å². The number of nitriles is 2. The molecule has 4 aliphatic heterocycles. The molecule has 0 saturated heterocycles. The van der Waals surface area contributed by atoms with Gasteiger partial charge in [-0.3, -0.25) is 0 Å². The number of benzene rings is 2. The van der Waals surface area contributed by atoms with E-state index < -0.39 is 15.3 Å². The van der Waals surface area contributed by atoms with Gasteiger partial charge in [0.05, 0.1) is 0 Å². The van der Waals surface area contributed by atoms with Crippen molar-refractivity contribution in [1.29, 1.82) is 10.5 Å². The van der Waals surface area contributed by atoms with E-state index in [1.54, 1.807) is 0 Å². The number of fused-ring (bicyclic) bond motifs is 10. The van der Waals surface area contributed by atoms with Crippen LogP contribution in [0.25, 0.3) is 0 Å². The molecular weight excluding hydrogens is 541 g/mol. The average Bonchev–Trinajstić information content (AvgIpc) is 3.46. The van der Waals surface area contributed by atoms with Crippen LogP contribution in [0.4, 0.5) is 11.4 Å². The second-order valence-corrected chi connectivity index (χ2v) is 16.6. The molecule has 0 aromatic heterocycles. The van der Waals surface area contributed by atoms with E-state index >= 15 is 0 Å². The fourth-order valence-electron chi connectivity index (χ4n) is 4.65. The molecule has 6 nitrogen and oxygen atoms in total. The Bertz CT molecular complexity index is 1120. The van der Waals surface area contributed by atoms with Gasteiger partial charge >= 0.3 is 173 Å².